The maximum atomic E-state index is 11.9. The standard InChI is InChI=1S/C14H17NO4S/c16-14(17)7-6-12-4-3-5-13(10-12)11-15-8-1-2-9-20(15,18)19/h3-7,10H,1-2,8-9,11H2,(H,16,17)/b7-6+. The van der Waals surface area contributed by atoms with Crippen LogP contribution in [0.2, 0.25) is 0 Å². The number of aliphatic carboxylic acids is 1. The SMILES string of the molecule is O=C(O)/C=C/c1cccc(CN2CCCCS2(=O)=O)c1. The Labute approximate surface area is 118 Å². The van der Waals surface area contributed by atoms with E-state index in [2.05, 4.69) is 0 Å². The van der Waals surface area contributed by atoms with E-state index in [1.165, 1.54) is 10.4 Å². The lowest BCUT2D eigenvalue weighted by Crippen LogP contribution is -2.37. The number of carbonyl (C=O) groups is 1. The molecule has 0 spiro atoms. The number of nitrogens with zero attached hydrogens (tertiary/aromatic N) is 1. The molecule has 0 aliphatic carbocycles. The Kier molecular flexibility index (Phi) is 4.57. The molecule has 1 aliphatic heterocycles. The summed E-state index contributed by atoms with van der Waals surface area (Å²) in [5.74, 6) is -0.792. The molecule has 1 N–H and O–H groups in total. The molecule has 5 nitrogen and oxygen atoms in total. The summed E-state index contributed by atoms with van der Waals surface area (Å²) in [5.41, 5.74) is 1.61. The van der Waals surface area contributed by atoms with Crippen LogP contribution in [0.5, 0.6) is 0 Å². The fourth-order valence-corrected chi connectivity index (χ4v) is 3.76. The highest BCUT2D eigenvalue weighted by Gasteiger charge is 2.25. The monoisotopic (exact) mass is 295 g/mol. The first-order valence-corrected chi connectivity index (χ1v) is 8.06. The number of hydrogen-bond donors (Lipinski definition) is 1. The van der Waals surface area contributed by atoms with Crippen LogP contribution >= 0.6 is 0 Å². The lowest BCUT2D eigenvalue weighted by molar-refractivity contribution is -0.131. The summed E-state index contributed by atoms with van der Waals surface area (Å²) in [5, 5.41) is 8.60. The summed E-state index contributed by atoms with van der Waals surface area (Å²) in [6.45, 7) is 0.897. The van der Waals surface area contributed by atoms with E-state index in [4.69, 9.17) is 5.11 Å². The molecule has 0 unspecified atom stereocenters. The summed E-state index contributed by atoms with van der Waals surface area (Å²) in [7, 11) is -3.14. The van der Waals surface area contributed by atoms with Gasteiger partial charge in [-0.25, -0.2) is 13.2 Å². The molecule has 0 atom stereocenters. The van der Waals surface area contributed by atoms with Gasteiger partial charge in [-0.2, -0.15) is 4.31 Å². The number of sulfonamides is 1. The molecule has 0 radical (unpaired) electrons. The molecule has 1 aliphatic rings. The van der Waals surface area contributed by atoms with Crippen molar-refractivity contribution in [1.82, 2.24) is 4.31 Å². The molecule has 108 valence electrons. The lowest BCUT2D eigenvalue weighted by atomic mass is 10.1. The van der Waals surface area contributed by atoms with Gasteiger partial charge < -0.3 is 5.11 Å². The fourth-order valence-electron chi connectivity index (χ4n) is 2.18. The Bertz CT molecular complexity index is 622. The minimum Gasteiger partial charge on any atom is -0.478 e. The molecular weight excluding hydrogens is 278 g/mol. The molecule has 0 bridgehead atoms. The molecule has 0 saturated carbocycles. The highest BCUT2D eigenvalue weighted by Crippen LogP contribution is 2.18. The van der Waals surface area contributed by atoms with E-state index >= 15 is 0 Å². The number of hydrogen-bond acceptors (Lipinski definition) is 3. The van der Waals surface area contributed by atoms with Crippen LogP contribution in [-0.2, 0) is 21.4 Å². The van der Waals surface area contributed by atoms with Gasteiger partial charge in [-0.15, -0.1) is 0 Å². The third-order valence-corrected chi connectivity index (χ3v) is 5.08. The van der Waals surface area contributed by atoms with Crippen LogP contribution in [0.3, 0.4) is 0 Å². The second-order valence-corrected chi connectivity index (χ2v) is 6.86. The highest BCUT2D eigenvalue weighted by atomic mass is 32.2. The second kappa shape index (κ2) is 6.19. The third kappa shape index (κ3) is 3.91. The molecule has 6 heteroatoms. The zero-order chi connectivity index (χ0) is 14.6. The largest absolute Gasteiger partial charge is 0.478 e. The zero-order valence-corrected chi connectivity index (χ0v) is 11.8. The average molecular weight is 295 g/mol. The Morgan fingerprint density at radius 1 is 1.35 bits per heavy atom. The van der Waals surface area contributed by atoms with Crippen LogP contribution < -0.4 is 0 Å². The van der Waals surface area contributed by atoms with Crippen LogP contribution in [0, 0.1) is 0 Å². The molecule has 1 aromatic rings. The van der Waals surface area contributed by atoms with Crippen molar-refractivity contribution in [3.05, 3.63) is 41.5 Å². The van der Waals surface area contributed by atoms with Gasteiger partial charge in [-0.05, 0) is 30.0 Å². The lowest BCUT2D eigenvalue weighted by Gasteiger charge is -2.26. The number of rotatable bonds is 4. The smallest absolute Gasteiger partial charge is 0.328 e. The van der Waals surface area contributed by atoms with Crippen molar-refractivity contribution in [1.29, 1.82) is 0 Å². The van der Waals surface area contributed by atoms with Crippen molar-refractivity contribution >= 4 is 22.1 Å². The van der Waals surface area contributed by atoms with E-state index in [9.17, 15) is 13.2 Å². The van der Waals surface area contributed by atoms with Gasteiger partial charge in [-0.3, -0.25) is 0 Å². The summed E-state index contributed by atoms with van der Waals surface area (Å²) in [4.78, 5) is 10.5. The number of carboxylic acid groups (broad SMARTS) is 1. The first kappa shape index (κ1) is 14.7. The van der Waals surface area contributed by atoms with E-state index in [0.29, 0.717) is 13.1 Å². The van der Waals surface area contributed by atoms with Crippen LogP contribution in [0.1, 0.15) is 24.0 Å². The summed E-state index contributed by atoms with van der Waals surface area (Å²) < 4.78 is 25.3. The predicted molar refractivity (Wildman–Crippen MR) is 76.5 cm³/mol. The van der Waals surface area contributed by atoms with Crippen molar-refractivity contribution in [3.63, 3.8) is 0 Å². The van der Waals surface area contributed by atoms with Crippen molar-refractivity contribution in [2.45, 2.75) is 19.4 Å². The van der Waals surface area contributed by atoms with E-state index in [0.717, 1.165) is 30.0 Å². The predicted octanol–water partition coefficient (Wildman–Crippen LogP) is 1.71. The van der Waals surface area contributed by atoms with Gasteiger partial charge >= 0.3 is 5.97 Å². The first-order chi connectivity index (χ1) is 9.47. The molecule has 1 saturated heterocycles. The van der Waals surface area contributed by atoms with Crippen LogP contribution in [-0.4, -0.2) is 36.1 Å². The summed E-state index contributed by atoms with van der Waals surface area (Å²) in [6.07, 6.45) is 4.17. The Morgan fingerprint density at radius 3 is 2.85 bits per heavy atom. The minimum atomic E-state index is -3.14. The average Bonchev–Trinajstić information content (AvgIpc) is 2.39. The topological polar surface area (TPSA) is 74.7 Å². The van der Waals surface area contributed by atoms with E-state index in [-0.39, 0.29) is 5.75 Å². The molecule has 20 heavy (non-hydrogen) atoms. The minimum absolute atomic E-state index is 0.214. The molecule has 2 rings (SSSR count). The van der Waals surface area contributed by atoms with Gasteiger partial charge in [0.05, 0.1) is 5.75 Å². The van der Waals surface area contributed by atoms with Gasteiger partial charge in [0.15, 0.2) is 0 Å². The van der Waals surface area contributed by atoms with E-state index in [1.807, 2.05) is 12.1 Å². The Hall–Kier alpha value is -1.66. The van der Waals surface area contributed by atoms with Crippen molar-refractivity contribution in [2.75, 3.05) is 12.3 Å². The van der Waals surface area contributed by atoms with Gasteiger partial charge in [0.25, 0.3) is 0 Å². The first-order valence-electron chi connectivity index (χ1n) is 6.45. The van der Waals surface area contributed by atoms with Crippen molar-refractivity contribution in [3.8, 4) is 0 Å². The maximum Gasteiger partial charge on any atom is 0.328 e. The zero-order valence-electron chi connectivity index (χ0n) is 11.0. The summed E-state index contributed by atoms with van der Waals surface area (Å²) >= 11 is 0. The highest BCUT2D eigenvalue weighted by molar-refractivity contribution is 7.89. The number of carboxylic acids is 1. The Balaban J connectivity index is 2.13. The van der Waals surface area contributed by atoms with Gasteiger partial charge in [0, 0.05) is 19.2 Å². The molecule has 1 aromatic carbocycles. The molecule has 0 aromatic heterocycles. The summed E-state index contributed by atoms with van der Waals surface area (Å²) in [6, 6.07) is 7.24. The molecule has 1 fully saturated rings. The van der Waals surface area contributed by atoms with Crippen LogP contribution in [0.15, 0.2) is 30.3 Å². The van der Waals surface area contributed by atoms with Crippen LogP contribution in [0.25, 0.3) is 6.08 Å². The van der Waals surface area contributed by atoms with E-state index in [1.54, 1.807) is 12.1 Å². The second-order valence-electron chi connectivity index (χ2n) is 4.77. The van der Waals surface area contributed by atoms with Gasteiger partial charge in [0.2, 0.25) is 10.0 Å². The van der Waals surface area contributed by atoms with Gasteiger partial charge in [0.1, 0.15) is 0 Å². The van der Waals surface area contributed by atoms with E-state index < -0.39 is 16.0 Å². The van der Waals surface area contributed by atoms with Crippen molar-refractivity contribution in [2.24, 2.45) is 0 Å². The molecule has 0 amide bonds. The van der Waals surface area contributed by atoms with Gasteiger partial charge in [-0.1, -0.05) is 24.3 Å². The molecular formula is C14H17NO4S. The third-order valence-electron chi connectivity index (χ3n) is 3.18. The molecule has 1 heterocycles. The number of benzene rings is 1. The van der Waals surface area contributed by atoms with Crippen molar-refractivity contribution < 1.29 is 18.3 Å². The Morgan fingerprint density at radius 2 is 2.15 bits per heavy atom. The normalized spacial score (nSPS) is 19.2. The quantitative estimate of drug-likeness (QED) is 0.858. The van der Waals surface area contributed by atoms with Crippen LogP contribution in [0.4, 0.5) is 0 Å². The maximum absolute atomic E-state index is 11.9. The fraction of sp³-hybridized carbons (Fsp3) is 0.357.